The third kappa shape index (κ3) is 12.2. The van der Waals surface area contributed by atoms with Gasteiger partial charge in [-0.2, -0.15) is 0 Å². The number of unbranched alkanes of at least 4 members (excludes halogenated alkanes) is 1. The number of carbonyl (C=O) groups excluding carboxylic acids is 1. The molecule has 1 amide bonds. The van der Waals surface area contributed by atoms with Gasteiger partial charge in [0.2, 0.25) is 0 Å². The molecule has 6 heteroatoms. The lowest BCUT2D eigenvalue weighted by atomic mass is 9.98. The van der Waals surface area contributed by atoms with Crippen LogP contribution in [0.1, 0.15) is 85.3 Å². The van der Waals surface area contributed by atoms with Crippen LogP contribution in [0.3, 0.4) is 0 Å². The second-order valence-electron chi connectivity index (χ2n) is 10.2. The summed E-state index contributed by atoms with van der Waals surface area (Å²) in [5, 5.41) is 11.2. The number of ether oxygens (including phenoxy) is 1. The van der Waals surface area contributed by atoms with Gasteiger partial charge in [0, 0.05) is 38.5 Å². The third-order valence-electron chi connectivity index (χ3n) is 6.80. The minimum atomic E-state index is -0.146. The molecule has 0 saturated carbocycles. The van der Waals surface area contributed by atoms with Crippen LogP contribution in [0.5, 0.6) is 5.75 Å². The molecule has 0 aromatic heterocycles. The number of benzene rings is 2. The summed E-state index contributed by atoms with van der Waals surface area (Å²) in [7, 11) is 3.94. The Balaban J connectivity index is 0.00000166. The van der Waals surface area contributed by atoms with Crippen molar-refractivity contribution < 1.29 is 9.53 Å². The third-order valence-corrected chi connectivity index (χ3v) is 6.80. The van der Waals surface area contributed by atoms with Crippen molar-refractivity contribution in [3.8, 4) is 5.75 Å². The van der Waals surface area contributed by atoms with Crippen LogP contribution in [-0.4, -0.2) is 50.8 Å². The fourth-order valence-corrected chi connectivity index (χ4v) is 4.30. The van der Waals surface area contributed by atoms with Crippen LogP contribution in [0.2, 0.25) is 0 Å². The average molecular weight is 579 g/mol. The SMILES string of the molecule is C=C.CCC.CCC(C)C1=C(C=N)C(=O)N(c2ccccc2OC(CCNC)c2ccccc2)CCN1C.CCCC. The monoisotopic (exact) mass is 578 g/mol. The van der Waals surface area contributed by atoms with Gasteiger partial charge in [-0.15, -0.1) is 13.2 Å². The Hall–Kier alpha value is -3.38. The maximum atomic E-state index is 13.7. The normalized spacial score (nSPS) is 14.1. The van der Waals surface area contributed by atoms with E-state index in [0.29, 0.717) is 24.4 Å². The van der Waals surface area contributed by atoms with Gasteiger partial charge in [0.05, 0.1) is 11.3 Å². The molecule has 2 aromatic carbocycles. The number of hydrogen-bond donors (Lipinski definition) is 2. The number of para-hydroxylation sites is 2. The zero-order valence-electron chi connectivity index (χ0n) is 27.7. The molecule has 0 saturated heterocycles. The quantitative estimate of drug-likeness (QED) is 0.207. The number of carbonyl (C=O) groups is 1. The largest absolute Gasteiger partial charge is 0.483 e. The first-order valence-electron chi connectivity index (χ1n) is 15.6. The molecule has 0 fully saturated rings. The number of anilines is 1. The highest BCUT2D eigenvalue weighted by atomic mass is 16.5. The first-order valence-corrected chi connectivity index (χ1v) is 15.6. The van der Waals surface area contributed by atoms with E-state index in [-0.39, 0.29) is 17.9 Å². The summed E-state index contributed by atoms with van der Waals surface area (Å²) in [5.74, 6) is 0.730. The van der Waals surface area contributed by atoms with Gasteiger partial charge in [0.1, 0.15) is 11.9 Å². The predicted octanol–water partition coefficient (Wildman–Crippen LogP) is 8.67. The van der Waals surface area contributed by atoms with Crippen molar-refractivity contribution in [2.45, 2.75) is 79.8 Å². The number of hydrogen-bond acceptors (Lipinski definition) is 5. The molecule has 1 aliphatic rings. The standard InChI is InChI=1S/C27H36N4O2.C4H10.C3H8.C2H4/c1-5-20(2)26-22(19-28)27(32)31(18-17-30(26)4)23-13-9-10-14-25(23)33-24(15-16-29-3)21-11-7-6-8-12-21;1-3-4-2;1-3-2;1-2/h6-14,19-20,24,28-29H,5,15-18H2,1-4H3;3-4H2,1-2H3;3H2,1-2H3;1-2H2. The lowest BCUT2D eigenvalue weighted by Crippen LogP contribution is -2.35. The van der Waals surface area contributed by atoms with E-state index >= 15 is 0 Å². The van der Waals surface area contributed by atoms with Crippen LogP contribution in [0, 0.1) is 11.3 Å². The number of likely N-dealkylation sites (N-methyl/N-ethyl adjacent to an activating group) is 1. The smallest absolute Gasteiger partial charge is 0.261 e. The first-order chi connectivity index (χ1) is 20.3. The van der Waals surface area contributed by atoms with Crippen molar-refractivity contribution in [2.24, 2.45) is 5.92 Å². The van der Waals surface area contributed by atoms with Gasteiger partial charge in [-0.3, -0.25) is 4.79 Å². The van der Waals surface area contributed by atoms with E-state index in [4.69, 9.17) is 10.1 Å². The van der Waals surface area contributed by atoms with Crippen LogP contribution in [-0.2, 0) is 4.79 Å². The molecule has 1 aliphatic heterocycles. The second-order valence-corrected chi connectivity index (χ2v) is 10.2. The molecule has 42 heavy (non-hydrogen) atoms. The maximum Gasteiger partial charge on any atom is 0.261 e. The molecule has 0 radical (unpaired) electrons. The van der Waals surface area contributed by atoms with Gasteiger partial charge in [0.15, 0.2) is 0 Å². The Kier molecular flexibility index (Phi) is 21.3. The van der Waals surface area contributed by atoms with Gasteiger partial charge in [-0.05, 0) is 43.6 Å². The molecule has 3 rings (SSSR count). The van der Waals surface area contributed by atoms with Crippen LogP contribution in [0.15, 0.2) is 79.0 Å². The van der Waals surface area contributed by atoms with Crippen molar-refractivity contribution in [3.63, 3.8) is 0 Å². The molecule has 0 spiro atoms. The van der Waals surface area contributed by atoms with Crippen LogP contribution in [0.4, 0.5) is 5.69 Å². The molecule has 6 nitrogen and oxygen atoms in total. The van der Waals surface area contributed by atoms with Crippen LogP contribution in [0.25, 0.3) is 0 Å². The molecule has 2 unspecified atom stereocenters. The molecule has 2 atom stereocenters. The zero-order valence-corrected chi connectivity index (χ0v) is 27.7. The van der Waals surface area contributed by atoms with Crippen molar-refractivity contribution in [3.05, 3.63) is 84.6 Å². The molecular formula is C36H58N4O2. The summed E-state index contributed by atoms with van der Waals surface area (Å²) in [6, 6.07) is 17.9. The lowest BCUT2D eigenvalue weighted by molar-refractivity contribution is -0.114. The van der Waals surface area contributed by atoms with Crippen molar-refractivity contribution in [1.82, 2.24) is 10.2 Å². The fourth-order valence-electron chi connectivity index (χ4n) is 4.30. The number of amides is 1. The minimum Gasteiger partial charge on any atom is -0.483 e. The summed E-state index contributed by atoms with van der Waals surface area (Å²) < 4.78 is 6.55. The Morgan fingerprint density at radius 2 is 1.55 bits per heavy atom. The maximum absolute atomic E-state index is 13.7. The van der Waals surface area contributed by atoms with Crippen molar-refractivity contribution >= 4 is 17.8 Å². The Morgan fingerprint density at radius 3 is 2.07 bits per heavy atom. The lowest BCUT2D eigenvalue weighted by Gasteiger charge is -2.27. The highest BCUT2D eigenvalue weighted by molar-refractivity contribution is 6.19. The van der Waals surface area contributed by atoms with E-state index in [0.717, 1.165) is 36.3 Å². The summed E-state index contributed by atoms with van der Waals surface area (Å²) in [5.41, 5.74) is 3.23. The van der Waals surface area contributed by atoms with E-state index in [2.05, 4.69) is 77.0 Å². The zero-order chi connectivity index (χ0) is 31.9. The summed E-state index contributed by atoms with van der Waals surface area (Å²) in [6.45, 7) is 20.9. The predicted molar refractivity (Wildman–Crippen MR) is 183 cm³/mol. The Morgan fingerprint density at radius 1 is 0.976 bits per heavy atom. The summed E-state index contributed by atoms with van der Waals surface area (Å²) >= 11 is 0. The van der Waals surface area contributed by atoms with Crippen LogP contribution < -0.4 is 15.0 Å². The van der Waals surface area contributed by atoms with Crippen LogP contribution >= 0.6 is 0 Å². The van der Waals surface area contributed by atoms with Crippen molar-refractivity contribution in [2.75, 3.05) is 38.6 Å². The minimum absolute atomic E-state index is 0.141. The van der Waals surface area contributed by atoms with E-state index in [1.54, 1.807) is 4.90 Å². The van der Waals surface area contributed by atoms with E-state index < -0.39 is 0 Å². The topological polar surface area (TPSA) is 68.7 Å². The summed E-state index contributed by atoms with van der Waals surface area (Å²) in [4.78, 5) is 17.5. The number of nitrogens with one attached hydrogen (secondary N) is 2. The first kappa shape index (κ1) is 38.6. The number of allylic oxidation sites excluding steroid dienone is 1. The van der Waals surface area contributed by atoms with Gasteiger partial charge in [-0.25, -0.2) is 0 Å². The Labute approximate surface area is 257 Å². The van der Waals surface area contributed by atoms with E-state index in [9.17, 15) is 4.79 Å². The molecule has 2 aromatic rings. The van der Waals surface area contributed by atoms with Gasteiger partial charge < -0.3 is 25.3 Å². The molecule has 1 heterocycles. The molecule has 0 aliphatic carbocycles. The number of rotatable bonds is 11. The van der Waals surface area contributed by atoms with Crippen molar-refractivity contribution in [1.29, 1.82) is 5.41 Å². The molecular weight excluding hydrogens is 520 g/mol. The average Bonchev–Trinajstić information content (AvgIpc) is 3.15. The highest BCUT2D eigenvalue weighted by Crippen LogP contribution is 2.35. The summed E-state index contributed by atoms with van der Waals surface area (Å²) in [6.07, 6.45) is 6.67. The van der Waals surface area contributed by atoms with Gasteiger partial charge in [0.25, 0.3) is 5.91 Å². The number of nitrogens with zero attached hydrogens (tertiary/aromatic N) is 2. The van der Waals surface area contributed by atoms with E-state index in [1.165, 1.54) is 25.5 Å². The fraction of sp³-hybridized carbons (Fsp3) is 0.500. The molecule has 234 valence electrons. The van der Waals surface area contributed by atoms with Gasteiger partial charge in [-0.1, -0.05) is 103 Å². The molecule has 0 bridgehead atoms. The van der Waals surface area contributed by atoms with Gasteiger partial charge >= 0.3 is 0 Å². The molecule has 2 N–H and O–H groups in total. The second kappa shape index (κ2) is 23.2. The Bertz CT molecular complexity index is 1040. The highest BCUT2D eigenvalue weighted by Gasteiger charge is 2.31. The van der Waals surface area contributed by atoms with E-state index in [1.807, 2.05) is 56.6 Å².